The summed E-state index contributed by atoms with van der Waals surface area (Å²) in [7, 11) is -4.56. The molecule has 0 aromatic heterocycles. The number of halogens is 1. The number of aliphatic hydroxyl groups is 3. The van der Waals surface area contributed by atoms with Crippen LogP contribution < -0.4 is 0 Å². The zero-order valence-electron chi connectivity index (χ0n) is 23.4. The predicted molar refractivity (Wildman–Crippen MR) is 144 cm³/mol. The standard InChI is InChI=1S/C27H51FO10S/c1-2-3-4-5-6-7-8-9-10-11-12-13-14-15-16-17-23(29)37-21(18-28)19-36-27-26(32)25(31)24(30)22(38-27)20-39(33,34)35/h21-22,24-27,30-32H,2-20H2,1H3,(H,33,34,35)/t21?,22-,24-,25+,26-,27+/m1/s1/i28-1. The second-order valence-corrected chi connectivity index (χ2v) is 12.1. The van der Waals surface area contributed by atoms with Crippen LogP contribution in [0.15, 0.2) is 0 Å². The van der Waals surface area contributed by atoms with Gasteiger partial charge in [0.05, 0.1) is 6.61 Å². The smallest absolute Gasteiger partial charge is 0.306 e. The summed E-state index contributed by atoms with van der Waals surface area (Å²) in [5.41, 5.74) is 0. The number of alkyl halides is 1. The van der Waals surface area contributed by atoms with E-state index in [-0.39, 0.29) is 6.42 Å². The van der Waals surface area contributed by atoms with E-state index in [2.05, 4.69) is 6.92 Å². The van der Waals surface area contributed by atoms with Gasteiger partial charge in [0.25, 0.3) is 10.1 Å². The Morgan fingerprint density at radius 3 is 1.77 bits per heavy atom. The SMILES string of the molecule is CCCCCCCCCCCCCCCCCC(=O)OC(C[18F])CO[C@H]1O[C@H](CS(=O)(=O)O)[C@@H](O)[C@H](O)[C@H]1O. The fraction of sp³-hybridized carbons (Fsp3) is 0.963. The van der Waals surface area contributed by atoms with Crippen molar-refractivity contribution in [3.63, 3.8) is 0 Å². The number of hydrogen-bond acceptors (Lipinski definition) is 9. The van der Waals surface area contributed by atoms with Crippen LogP contribution in [-0.2, 0) is 29.1 Å². The minimum absolute atomic E-state index is 0.138. The number of carbonyl (C=O) groups is 1. The maximum atomic E-state index is 13.4. The maximum absolute atomic E-state index is 13.4. The Hall–Kier alpha value is -0.890. The van der Waals surface area contributed by atoms with Crippen LogP contribution in [0.5, 0.6) is 0 Å². The van der Waals surface area contributed by atoms with Crippen LogP contribution in [0.2, 0.25) is 0 Å². The normalized spacial score (nSPS) is 24.5. The summed E-state index contributed by atoms with van der Waals surface area (Å²) in [6.07, 6.45) is 8.29. The van der Waals surface area contributed by atoms with Crippen LogP contribution in [0.4, 0.5) is 4.39 Å². The Kier molecular flexibility index (Phi) is 19.4. The zero-order valence-corrected chi connectivity index (χ0v) is 24.2. The quantitative estimate of drug-likeness (QED) is 0.0788. The van der Waals surface area contributed by atoms with Crippen LogP contribution in [0.3, 0.4) is 0 Å². The van der Waals surface area contributed by atoms with Crippen molar-refractivity contribution in [2.24, 2.45) is 0 Å². The first-order chi connectivity index (χ1) is 18.6. The molecule has 0 aromatic carbocycles. The predicted octanol–water partition coefficient (Wildman–Crippen LogP) is 3.84. The summed E-state index contributed by atoms with van der Waals surface area (Å²) in [6.45, 7) is 0.649. The van der Waals surface area contributed by atoms with Gasteiger partial charge in [-0.1, -0.05) is 96.8 Å². The van der Waals surface area contributed by atoms with Gasteiger partial charge in [0, 0.05) is 6.42 Å². The highest BCUT2D eigenvalue weighted by Gasteiger charge is 2.45. The molecule has 0 radical (unpaired) electrons. The average Bonchev–Trinajstić information content (AvgIpc) is 2.88. The summed E-state index contributed by atoms with van der Waals surface area (Å²) in [4.78, 5) is 12.1. The summed E-state index contributed by atoms with van der Waals surface area (Å²) >= 11 is 0. The molecule has 1 heterocycles. The van der Waals surface area contributed by atoms with Crippen LogP contribution in [0.25, 0.3) is 0 Å². The van der Waals surface area contributed by atoms with E-state index in [0.717, 1.165) is 19.3 Å². The van der Waals surface area contributed by atoms with E-state index in [0.29, 0.717) is 6.42 Å². The minimum atomic E-state index is -4.56. The largest absolute Gasteiger partial charge is 0.457 e. The molecule has 232 valence electrons. The van der Waals surface area contributed by atoms with E-state index in [1.165, 1.54) is 70.6 Å². The molecule has 4 N–H and O–H groups in total. The molecular weight excluding hydrogens is 534 g/mol. The summed E-state index contributed by atoms with van der Waals surface area (Å²) in [6, 6.07) is 0. The lowest BCUT2D eigenvalue weighted by Crippen LogP contribution is -2.60. The molecule has 1 saturated heterocycles. The van der Waals surface area contributed by atoms with Crippen LogP contribution in [0.1, 0.15) is 110 Å². The fourth-order valence-electron chi connectivity index (χ4n) is 4.60. The topological polar surface area (TPSA) is 160 Å². The van der Waals surface area contributed by atoms with Crippen molar-refractivity contribution in [3.05, 3.63) is 0 Å². The number of aliphatic hydroxyl groups excluding tert-OH is 3. The number of carbonyl (C=O) groups excluding carboxylic acids is 1. The van der Waals surface area contributed by atoms with Gasteiger partial charge >= 0.3 is 5.97 Å². The first-order valence-corrected chi connectivity index (χ1v) is 16.2. The van der Waals surface area contributed by atoms with Gasteiger partial charge in [0.1, 0.15) is 36.8 Å². The molecule has 0 aromatic rings. The highest BCUT2D eigenvalue weighted by Crippen LogP contribution is 2.23. The molecule has 0 saturated carbocycles. The van der Waals surface area contributed by atoms with E-state index in [4.69, 9.17) is 18.8 Å². The van der Waals surface area contributed by atoms with Crippen molar-refractivity contribution >= 4 is 16.1 Å². The molecule has 6 atom stereocenters. The number of ether oxygens (including phenoxy) is 3. The highest BCUT2D eigenvalue weighted by molar-refractivity contribution is 7.85. The molecule has 0 spiro atoms. The molecule has 0 bridgehead atoms. The van der Waals surface area contributed by atoms with Gasteiger partial charge in [0.2, 0.25) is 0 Å². The lowest BCUT2D eigenvalue weighted by atomic mass is 10.00. The number of unbranched alkanes of at least 4 members (excludes halogenated alkanes) is 14. The third-order valence-electron chi connectivity index (χ3n) is 6.94. The Bertz CT molecular complexity index is 738. The van der Waals surface area contributed by atoms with Gasteiger partial charge in [-0.05, 0) is 6.42 Å². The molecule has 1 rings (SSSR count). The lowest BCUT2D eigenvalue weighted by Gasteiger charge is -2.40. The molecule has 39 heavy (non-hydrogen) atoms. The number of esters is 1. The third kappa shape index (κ3) is 16.8. The van der Waals surface area contributed by atoms with Crippen molar-refractivity contribution in [2.45, 2.75) is 146 Å². The van der Waals surface area contributed by atoms with Crippen molar-refractivity contribution < 1.29 is 51.7 Å². The van der Waals surface area contributed by atoms with Crippen LogP contribution >= 0.6 is 0 Å². The van der Waals surface area contributed by atoms with Crippen LogP contribution in [0, 0.1) is 0 Å². The van der Waals surface area contributed by atoms with Crippen molar-refractivity contribution in [1.82, 2.24) is 0 Å². The Balaban J connectivity index is 2.14. The lowest BCUT2D eigenvalue weighted by molar-refractivity contribution is -0.296. The maximum Gasteiger partial charge on any atom is 0.306 e. The first-order valence-electron chi connectivity index (χ1n) is 14.6. The molecule has 1 unspecified atom stereocenters. The van der Waals surface area contributed by atoms with Crippen molar-refractivity contribution in [1.29, 1.82) is 0 Å². The first kappa shape index (κ1) is 36.1. The molecule has 1 aliphatic rings. The highest BCUT2D eigenvalue weighted by atomic mass is 32.2. The van der Waals surface area contributed by atoms with Gasteiger partial charge in [-0.2, -0.15) is 8.42 Å². The summed E-state index contributed by atoms with van der Waals surface area (Å²) < 4.78 is 60.0. The van der Waals surface area contributed by atoms with E-state index in [1.54, 1.807) is 0 Å². The van der Waals surface area contributed by atoms with Crippen molar-refractivity contribution in [2.75, 3.05) is 19.0 Å². The summed E-state index contributed by atoms with van der Waals surface area (Å²) in [5.74, 6) is -1.63. The zero-order chi connectivity index (χ0) is 29.1. The van der Waals surface area contributed by atoms with Crippen LogP contribution in [-0.4, -0.2) is 90.1 Å². The third-order valence-corrected chi connectivity index (χ3v) is 7.69. The van der Waals surface area contributed by atoms with Gasteiger partial charge in [-0.15, -0.1) is 0 Å². The molecule has 10 nitrogen and oxygen atoms in total. The van der Waals surface area contributed by atoms with Gasteiger partial charge < -0.3 is 29.5 Å². The Morgan fingerprint density at radius 1 is 0.821 bits per heavy atom. The van der Waals surface area contributed by atoms with E-state index in [9.17, 15) is 32.9 Å². The second kappa shape index (κ2) is 20.9. The number of rotatable bonds is 23. The number of hydrogen-bond donors (Lipinski definition) is 4. The van der Waals surface area contributed by atoms with E-state index < -0.39 is 71.9 Å². The Labute approximate surface area is 233 Å². The average molecular weight is 586 g/mol. The van der Waals surface area contributed by atoms with E-state index in [1.807, 2.05) is 0 Å². The monoisotopic (exact) mass is 585 g/mol. The van der Waals surface area contributed by atoms with Gasteiger partial charge in [-0.25, -0.2) is 4.39 Å². The molecule has 0 aliphatic carbocycles. The van der Waals surface area contributed by atoms with Crippen molar-refractivity contribution in [3.8, 4) is 0 Å². The van der Waals surface area contributed by atoms with E-state index >= 15 is 0 Å². The van der Waals surface area contributed by atoms with Gasteiger partial charge in [-0.3, -0.25) is 9.35 Å². The van der Waals surface area contributed by atoms with Gasteiger partial charge in [0.15, 0.2) is 12.4 Å². The molecule has 1 aliphatic heterocycles. The minimum Gasteiger partial charge on any atom is -0.457 e. The second-order valence-electron chi connectivity index (χ2n) is 10.6. The Morgan fingerprint density at radius 2 is 1.31 bits per heavy atom. The molecule has 12 heteroatoms. The molecule has 0 amide bonds. The molecule has 1 fully saturated rings. The molecular formula is C27H51FO10S. The summed E-state index contributed by atoms with van der Waals surface area (Å²) in [5, 5.41) is 29.8. The fourth-order valence-corrected chi connectivity index (χ4v) is 5.29.